The number of hydrogen-bond donors (Lipinski definition) is 2. The molecule has 0 saturated heterocycles. The van der Waals surface area contributed by atoms with Crippen molar-refractivity contribution in [3.8, 4) is 0 Å². The lowest BCUT2D eigenvalue weighted by molar-refractivity contribution is 0.451. The van der Waals surface area contributed by atoms with Gasteiger partial charge in [0.05, 0.1) is 0 Å². The minimum Gasteiger partial charge on any atom is -0.432 e. The average Bonchev–Trinajstić information content (AvgIpc) is 2.26. The Hall–Kier alpha value is -0.803. The molecule has 0 bridgehead atoms. The summed E-state index contributed by atoms with van der Waals surface area (Å²) in [5, 5.41) is 3.39. The van der Waals surface area contributed by atoms with Crippen LogP contribution in [-0.4, -0.2) is 19.7 Å². The number of nitrogens with one attached hydrogen (secondary N) is 1. The molecule has 1 aromatic carbocycles. The van der Waals surface area contributed by atoms with E-state index in [1.54, 1.807) is 0 Å². The summed E-state index contributed by atoms with van der Waals surface area (Å²) >= 11 is 0. The smallest absolute Gasteiger partial charge is 0.188 e. The molecule has 2 nitrogen and oxygen atoms in total. The number of rotatable bonds is 6. The van der Waals surface area contributed by atoms with E-state index in [0.29, 0.717) is 0 Å². The normalized spacial score (nSPS) is 12.6. The van der Waals surface area contributed by atoms with Gasteiger partial charge in [-0.2, -0.15) is 0 Å². The Balaban J connectivity index is 2.66. The van der Waals surface area contributed by atoms with Crippen molar-refractivity contribution >= 4 is 14.0 Å². The fourth-order valence-corrected chi connectivity index (χ4v) is 2.54. The van der Waals surface area contributed by atoms with Gasteiger partial charge in [-0.25, -0.2) is 0 Å². The Morgan fingerprint density at radius 1 is 1.28 bits per heavy atom. The lowest BCUT2D eigenvalue weighted by Crippen LogP contribution is -2.39. The van der Waals surface area contributed by atoms with Crippen molar-refractivity contribution in [2.45, 2.75) is 51.7 Å². The Bertz CT molecular complexity index is 382. The molecular weight excluding hydrogens is 238 g/mol. The van der Waals surface area contributed by atoms with E-state index >= 15 is 0 Å². The minimum absolute atomic E-state index is 0.0567. The quantitative estimate of drug-likeness (QED) is 0.761. The Morgan fingerprint density at radius 2 is 1.94 bits per heavy atom. The zero-order chi connectivity index (χ0) is 13.8. The van der Waals surface area contributed by atoms with Crippen molar-refractivity contribution in [2.75, 3.05) is 11.9 Å². The van der Waals surface area contributed by atoms with Crippen molar-refractivity contribution < 1.29 is 4.80 Å². The van der Waals surface area contributed by atoms with Gasteiger partial charge in [0.2, 0.25) is 0 Å². The van der Waals surface area contributed by atoms with Crippen LogP contribution in [0.1, 0.15) is 32.8 Å². The van der Waals surface area contributed by atoms with Gasteiger partial charge >= 0.3 is 0 Å². The monoisotopic (exact) mass is 265 g/mol. The van der Waals surface area contributed by atoms with Gasteiger partial charge in [-0.05, 0) is 55.6 Å². The summed E-state index contributed by atoms with van der Waals surface area (Å²) in [6, 6.07) is 8.58. The summed E-state index contributed by atoms with van der Waals surface area (Å²) in [6.45, 7) is 11.5. The molecule has 1 aromatic rings. The highest BCUT2D eigenvalue weighted by Gasteiger charge is 2.37. The van der Waals surface area contributed by atoms with E-state index in [2.05, 4.69) is 50.4 Å². The van der Waals surface area contributed by atoms with Crippen molar-refractivity contribution in [2.24, 2.45) is 0 Å². The summed E-state index contributed by atoms with van der Waals surface area (Å²) in [5.74, 6) is 0. The molecule has 0 aliphatic rings. The van der Waals surface area contributed by atoms with Crippen LogP contribution >= 0.6 is 0 Å². The standard InChI is InChI=1S/C15H27NOSi/c1-6-16-14-9-7-8-13(12-14)10-11-15(2,3)18(4,5)17/h7-9,12,16-17H,6,10-11H2,1-5H3. The van der Waals surface area contributed by atoms with E-state index in [-0.39, 0.29) is 5.04 Å². The zero-order valence-electron chi connectivity index (χ0n) is 12.4. The average molecular weight is 265 g/mol. The van der Waals surface area contributed by atoms with Crippen molar-refractivity contribution in [1.82, 2.24) is 0 Å². The molecule has 0 saturated carbocycles. The van der Waals surface area contributed by atoms with Gasteiger partial charge in [0, 0.05) is 12.2 Å². The zero-order valence-corrected chi connectivity index (χ0v) is 13.4. The predicted molar refractivity (Wildman–Crippen MR) is 82.7 cm³/mol. The van der Waals surface area contributed by atoms with E-state index in [4.69, 9.17) is 0 Å². The summed E-state index contributed by atoms with van der Waals surface area (Å²) < 4.78 is 0. The van der Waals surface area contributed by atoms with Gasteiger partial charge < -0.3 is 10.1 Å². The number of aryl methyl sites for hydroxylation is 1. The second-order valence-corrected chi connectivity index (χ2v) is 10.6. The largest absolute Gasteiger partial charge is 0.432 e. The van der Waals surface area contributed by atoms with E-state index in [0.717, 1.165) is 19.4 Å². The van der Waals surface area contributed by atoms with Gasteiger partial charge in [0.25, 0.3) is 0 Å². The number of benzene rings is 1. The summed E-state index contributed by atoms with van der Waals surface area (Å²) in [4.78, 5) is 10.3. The third-order valence-electron chi connectivity index (χ3n) is 4.00. The third kappa shape index (κ3) is 4.14. The lowest BCUT2D eigenvalue weighted by atomic mass is 10.0. The van der Waals surface area contributed by atoms with Crippen LogP contribution in [0.3, 0.4) is 0 Å². The maximum Gasteiger partial charge on any atom is 0.188 e. The van der Waals surface area contributed by atoms with Gasteiger partial charge in [0.15, 0.2) is 8.32 Å². The fraction of sp³-hybridized carbons (Fsp3) is 0.600. The Kier molecular flexibility index (Phi) is 4.99. The van der Waals surface area contributed by atoms with Crippen LogP contribution in [0.4, 0.5) is 5.69 Å². The van der Waals surface area contributed by atoms with Crippen LogP contribution in [0.15, 0.2) is 24.3 Å². The molecular formula is C15H27NOSi. The maximum atomic E-state index is 10.3. The third-order valence-corrected chi connectivity index (χ3v) is 7.57. The molecule has 0 aromatic heterocycles. The lowest BCUT2D eigenvalue weighted by Gasteiger charge is -2.35. The van der Waals surface area contributed by atoms with Crippen LogP contribution in [0.5, 0.6) is 0 Å². The molecule has 1 rings (SSSR count). The van der Waals surface area contributed by atoms with Gasteiger partial charge in [-0.3, -0.25) is 0 Å². The molecule has 0 radical (unpaired) electrons. The highest BCUT2D eigenvalue weighted by atomic mass is 28.4. The number of hydrogen-bond acceptors (Lipinski definition) is 2. The van der Waals surface area contributed by atoms with E-state index in [1.165, 1.54) is 11.3 Å². The van der Waals surface area contributed by atoms with E-state index in [9.17, 15) is 4.80 Å². The van der Waals surface area contributed by atoms with E-state index < -0.39 is 8.32 Å². The highest BCUT2D eigenvalue weighted by molar-refractivity contribution is 6.72. The van der Waals surface area contributed by atoms with Gasteiger partial charge in [0.1, 0.15) is 0 Å². The van der Waals surface area contributed by atoms with Gasteiger partial charge in [-0.15, -0.1) is 0 Å². The molecule has 0 heterocycles. The molecule has 0 fully saturated rings. The van der Waals surface area contributed by atoms with Crippen LogP contribution in [0.25, 0.3) is 0 Å². The first-order chi connectivity index (χ1) is 8.26. The first kappa shape index (κ1) is 15.3. The molecule has 2 N–H and O–H groups in total. The van der Waals surface area contributed by atoms with Crippen molar-refractivity contribution in [1.29, 1.82) is 0 Å². The maximum absolute atomic E-state index is 10.3. The summed E-state index contributed by atoms with van der Waals surface area (Å²) in [7, 11) is -2.08. The molecule has 0 unspecified atom stereocenters. The van der Waals surface area contributed by atoms with Crippen LogP contribution in [-0.2, 0) is 6.42 Å². The molecule has 0 spiro atoms. The Labute approximate surface area is 113 Å². The topological polar surface area (TPSA) is 32.3 Å². The molecule has 0 atom stereocenters. The predicted octanol–water partition coefficient (Wildman–Crippen LogP) is 4.03. The SMILES string of the molecule is CCNc1cccc(CCC(C)(C)[Si](C)(C)O)c1. The minimum atomic E-state index is -2.08. The summed E-state index contributed by atoms with van der Waals surface area (Å²) in [6.07, 6.45) is 2.07. The molecule has 0 aliphatic heterocycles. The molecule has 102 valence electrons. The molecule has 18 heavy (non-hydrogen) atoms. The molecule has 0 amide bonds. The van der Waals surface area contributed by atoms with Crippen molar-refractivity contribution in [3.63, 3.8) is 0 Å². The Morgan fingerprint density at radius 3 is 2.50 bits per heavy atom. The van der Waals surface area contributed by atoms with Gasteiger partial charge in [-0.1, -0.05) is 26.0 Å². The first-order valence-corrected chi connectivity index (χ1v) is 9.76. The second kappa shape index (κ2) is 5.89. The molecule has 0 aliphatic carbocycles. The summed E-state index contributed by atoms with van der Waals surface area (Å²) in [5.41, 5.74) is 2.54. The van der Waals surface area contributed by atoms with Crippen LogP contribution < -0.4 is 5.32 Å². The van der Waals surface area contributed by atoms with Crippen LogP contribution in [0.2, 0.25) is 18.1 Å². The second-order valence-electron chi connectivity index (χ2n) is 6.17. The highest BCUT2D eigenvalue weighted by Crippen LogP contribution is 2.39. The molecule has 3 heteroatoms. The fourth-order valence-electron chi connectivity index (χ4n) is 1.80. The first-order valence-electron chi connectivity index (χ1n) is 6.81. The van der Waals surface area contributed by atoms with Crippen LogP contribution in [0, 0.1) is 0 Å². The van der Waals surface area contributed by atoms with E-state index in [1.807, 2.05) is 13.1 Å². The number of anilines is 1. The van der Waals surface area contributed by atoms with Crippen molar-refractivity contribution in [3.05, 3.63) is 29.8 Å².